The molecule has 0 aliphatic carbocycles. The van der Waals surface area contributed by atoms with E-state index in [2.05, 4.69) is 4.98 Å². The van der Waals surface area contributed by atoms with E-state index in [0.29, 0.717) is 11.4 Å². The lowest BCUT2D eigenvalue weighted by molar-refractivity contribution is -0.392. The molecule has 2 rings (SSSR count). The maximum Gasteiger partial charge on any atom is 0.342 e. The molecule has 21 heavy (non-hydrogen) atoms. The lowest BCUT2D eigenvalue weighted by Gasteiger charge is -2.12. The molecule has 0 N–H and O–H groups in total. The van der Waals surface area contributed by atoms with Gasteiger partial charge in [0.2, 0.25) is 0 Å². The molecule has 0 aliphatic rings. The second kappa shape index (κ2) is 6.17. The monoisotopic (exact) mass is 289 g/mol. The number of esters is 1. The molecule has 2 aromatic rings. The molecule has 0 radical (unpaired) electrons. The number of benzene rings is 1. The summed E-state index contributed by atoms with van der Waals surface area (Å²) in [5, 5.41) is 10.9. The van der Waals surface area contributed by atoms with Crippen LogP contribution in [0.5, 0.6) is 0 Å². The minimum absolute atomic E-state index is 0.116. The molecule has 0 amide bonds. The summed E-state index contributed by atoms with van der Waals surface area (Å²) < 4.78 is 6.71. The van der Waals surface area contributed by atoms with Crippen LogP contribution in [0.15, 0.2) is 36.5 Å². The highest BCUT2D eigenvalue weighted by atomic mass is 16.6. The Balaban J connectivity index is 2.06. The lowest BCUT2D eigenvalue weighted by atomic mass is 10.2. The molecule has 1 atom stereocenters. The van der Waals surface area contributed by atoms with Crippen LogP contribution in [0.2, 0.25) is 0 Å². The lowest BCUT2D eigenvalue weighted by Crippen LogP contribution is -2.22. The molecule has 7 heteroatoms. The number of aromatic nitrogens is 2. The van der Waals surface area contributed by atoms with Crippen LogP contribution in [0.25, 0.3) is 0 Å². The van der Waals surface area contributed by atoms with Gasteiger partial charge in [-0.25, -0.2) is 14.3 Å². The number of nitro groups is 1. The molecule has 0 bridgehead atoms. The van der Waals surface area contributed by atoms with E-state index in [1.54, 1.807) is 44.2 Å². The van der Waals surface area contributed by atoms with Gasteiger partial charge in [-0.2, -0.15) is 0 Å². The van der Waals surface area contributed by atoms with E-state index >= 15 is 0 Å². The van der Waals surface area contributed by atoms with Crippen molar-refractivity contribution >= 4 is 11.8 Å². The van der Waals surface area contributed by atoms with E-state index < -0.39 is 17.0 Å². The van der Waals surface area contributed by atoms with Crippen LogP contribution in [0.4, 0.5) is 5.82 Å². The van der Waals surface area contributed by atoms with Crippen molar-refractivity contribution in [1.82, 2.24) is 9.55 Å². The number of carbonyl (C=O) groups is 1. The number of hydrogen-bond acceptors (Lipinski definition) is 5. The molecular formula is C14H15N3O4. The predicted octanol–water partition coefficient (Wildman–Crippen LogP) is 2.35. The van der Waals surface area contributed by atoms with Gasteiger partial charge < -0.3 is 14.9 Å². The minimum atomic E-state index is -0.510. The van der Waals surface area contributed by atoms with Gasteiger partial charge in [0, 0.05) is 6.92 Å². The van der Waals surface area contributed by atoms with Crippen molar-refractivity contribution < 1.29 is 14.5 Å². The Hall–Kier alpha value is -2.70. The quantitative estimate of drug-likeness (QED) is 0.479. The number of aryl methyl sites for hydroxylation is 1. The van der Waals surface area contributed by atoms with E-state index in [-0.39, 0.29) is 12.4 Å². The topological polar surface area (TPSA) is 87.3 Å². The Morgan fingerprint density at radius 3 is 2.71 bits per heavy atom. The van der Waals surface area contributed by atoms with Gasteiger partial charge in [0.1, 0.15) is 18.8 Å². The van der Waals surface area contributed by atoms with E-state index in [1.807, 2.05) is 0 Å². The Kier molecular flexibility index (Phi) is 4.32. The van der Waals surface area contributed by atoms with E-state index in [0.717, 1.165) is 0 Å². The largest absolute Gasteiger partial charge is 0.455 e. The minimum Gasteiger partial charge on any atom is -0.455 e. The number of hydrogen-bond donors (Lipinski definition) is 0. The third-order valence-electron chi connectivity index (χ3n) is 2.98. The predicted molar refractivity (Wildman–Crippen MR) is 74.9 cm³/mol. The first-order chi connectivity index (χ1) is 9.99. The molecule has 7 nitrogen and oxygen atoms in total. The van der Waals surface area contributed by atoms with Crippen LogP contribution in [0, 0.1) is 17.0 Å². The molecule has 0 fully saturated rings. The number of imidazole rings is 1. The fraction of sp³-hybridized carbons (Fsp3) is 0.286. The summed E-state index contributed by atoms with van der Waals surface area (Å²) in [5.41, 5.74) is 0.446. The van der Waals surface area contributed by atoms with Crippen LogP contribution in [0.3, 0.4) is 0 Å². The van der Waals surface area contributed by atoms with Gasteiger partial charge in [-0.15, -0.1) is 0 Å². The summed E-state index contributed by atoms with van der Waals surface area (Å²) in [6, 6.07) is 8.59. The standard InChI is InChI=1S/C14H15N3O4/c1-10(21-14(18)12-6-4-3-5-7-12)9-16-11(2)15-8-13(16)17(19)20/h3-8,10H,9H2,1-2H3. The summed E-state index contributed by atoms with van der Waals surface area (Å²) in [6.07, 6.45) is 0.686. The number of nitrogens with zero attached hydrogens (tertiary/aromatic N) is 3. The molecule has 1 aromatic heterocycles. The maximum absolute atomic E-state index is 11.9. The molecule has 1 unspecified atom stereocenters. The number of rotatable bonds is 5. The summed E-state index contributed by atoms with van der Waals surface area (Å²) >= 11 is 0. The third-order valence-corrected chi connectivity index (χ3v) is 2.98. The first-order valence-electron chi connectivity index (χ1n) is 6.41. The smallest absolute Gasteiger partial charge is 0.342 e. The molecular weight excluding hydrogens is 274 g/mol. The van der Waals surface area contributed by atoms with Crippen LogP contribution in [-0.2, 0) is 11.3 Å². The molecule has 0 spiro atoms. The van der Waals surface area contributed by atoms with Crippen LogP contribution in [0.1, 0.15) is 23.1 Å². The molecule has 110 valence electrons. The normalized spacial score (nSPS) is 11.9. The van der Waals surface area contributed by atoms with Crippen LogP contribution >= 0.6 is 0 Å². The summed E-state index contributed by atoms with van der Waals surface area (Å²) in [5.74, 6) is -0.0667. The Morgan fingerprint density at radius 1 is 1.43 bits per heavy atom. The van der Waals surface area contributed by atoms with Crippen molar-refractivity contribution in [3.8, 4) is 0 Å². The van der Waals surface area contributed by atoms with Crippen LogP contribution in [-0.4, -0.2) is 26.5 Å². The highest BCUT2D eigenvalue weighted by Gasteiger charge is 2.21. The van der Waals surface area contributed by atoms with Gasteiger partial charge >= 0.3 is 11.8 Å². The van der Waals surface area contributed by atoms with Crippen molar-refractivity contribution in [3.05, 3.63) is 58.0 Å². The zero-order valence-electron chi connectivity index (χ0n) is 11.7. The average molecular weight is 289 g/mol. The zero-order chi connectivity index (χ0) is 15.4. The zero-order valence-corrected chi connectivity index (χ0v) is 11.7. The summed E-state index contributed by atoms with van der Waals surface area (Å²) in [6.45, 7) is 3.53. The molecule has 0 saturated carbocycles. The van der Waals surface area contributed by atoms with E-state index in [9.17, 15) is 14.9 Å². The Labute approximate surface area is 121 Å². The van der Waals surface area contributed by atoms with Gasteiger partial charge in [-0.05, 0) is 24.0 Å². The van der Waals surface area contributed by atoms with Gasteiger partial charge in [0.05, 0.1) is 5.56 Å². The molecule has 0 aliphatic heterocycles. The van der Waals surface area contributed by atoms with Gasteiger partial charge in [-0.1, -0.05) is 18.2 Å². The van der Waals surface area contributed by atoms with Gasteiger partial charge in [0.25, 0.3) is 0 Å². The third kappa shape index (κ3) is 3.44. The van der Waals surface area contributed by atoms with E-state index in [1.165, 1.54) is 10.8 Å². The second-order valence-corrected chi connectivity index (χ2v) is 4.61. The summed E-state index contributed by atoms with van der Waals surface area (Å²) in [7, 11) is 0. The molecule has 1 aromatic carbocycles. The van der Waals surface area contributed by atoms with Crippen molar-refractivity contribution in [1.29, 1.82) is 0 Å². The SMILES string of the molecule is Cc1ncc([N+](=O)[O-])n1CC(C)OC(=O)c1ccccc1. The first kappa shape index (κ1) is 14.7. The highest BCUT2D eigenvalue weighted by Crippen LogP contribution is 2.15. The first-order valence-corrected chi connectivity index (χ1v) is 6.41. The number of carbonyl (C=O) groups excluding carboxylic acids is 1. The summed E-state index contributed by atoms with van der Waals surface area (Å²) in [4.78, 5) is 26.2. The molecule has 1 heterocycles. The number of ether oxygens (including phenoxy) is 1. The Bertz CT molecular complexity index is 651. The second-order valence-electron chi connectivity index (χ2n) is 4.61. The highest BCUT2D eigenvalue weighted by molar-refractivity contribution is 5.89. The van der Waals surface area contributed by atoms with Crippen LogP contribution < -0.4 is 0 Å². The van der Waals surface area contributed by atoms with E-state index in [4.69, 9.17) is 4.74 Å². The van der Waals surface area contributed by atoms with Gasteiger partial charge in [-0.3, -0.25) is 0 Å². The Morgan fingerprint density at radius 2 is 2.10 bits per heavy atom. The average Bonchev–Trinajstić information content (AvgIpc) is 2.81. The van der Waals surface area contributed by atoms with Crippen molar-refractivity contribution in [2.24, 2.45) is 0 Å². The fourth-order valence-corrected chi connectivity index (χ4v) is 1.95. The van der Waals surface area contributed by atoms with Crippen molar-refractivity contribution in [2.45, 2.75) is 26.5 Å². The fourth-order valence-electron chi connectivity index (χ4n) is 1.95. The van der Waals surface area contributed by atoms with Crippen molar-refractivity contribution in [3.63, 3.8) is 0 Å². The maximum atomic E-state index is 11.9. The molecule has 0 saturated heterocycles. The van der Waals surface area contributed by atoms with Gasteiger partial charge in [0.15, 0.2) is 5.82 Å². The van der Waals surface area contributed by atoms with Crippen molar-refractivity contribution in [2.75, 3.05) is 0 Å².